The lowest BCUT2D eigenvalue weighted by atomic mass is 10.1. The van der Waals surface area contributed by atoms with E-state index in [1.807, 2.05) is 0 Å². The molecule has 1 aliphatic rings. The highest BCUT2D eigenvalue weighted by atomic mass is 19.1. The van der Waals surface area contributed by atoms with E-state index < -0.39 is 0 Å². The Balaban J connectivity index is 1.39. The lowest BCUT2D eigenvalue weighted by Gasteiger charge is -2.09. The number of carbonyl (C=O) groups excluding carboxylic acids is 2. The average molecular weight is 375 g/mol. The maximum atomic E-state index is 13.9. The van der Waals surface area contributed by atoms with Crippen molar-refractivity contribution in [1.82, 2.24) is 4.98 Å². The number of anilines is 2. The van der Waals surface area contributed by atoms with Crippen LogP contribution >= 0.6 is 0 Å². The molecule has 0 saturated heterocycles. The molecule has 2 atom stereocenters. The summed E-state index contributed by atoms with van der Waals surface area (Å²) in [5, 5.41) is 5.64. The van der Waals surface area contributed by atoms with Gasteiger partial charge in [0.05, 0.1) is 0 Å². The second kappa shape index (κ2) is 7.60. The molecule has 28 heavy (non-hydrogen) atoms. The number of amides is 2. The second-order valence-electron chi connectivity index (χ2n) is 6.73. The molecule has 1 aromatic heterocycles. The minimum Gasteiger partial charge on any atom is -0.326 e. The fraction of sp³-hybridized carbons (Fsp3) is 0.136. The zero-order chi connectivity index (χ0) is 19.5. The molecule has 4 rings (SSSR count). The Morgan fingerprint density at radius 2 is 1.64 bits per heavy atom. The number of hydrogen-bond acceptors (Lipinski definition) is 3. The molecule has 1 aliphatic carbocycles. The van der Waals surface area contributed by atoms with Crippen LogP contribution in [-0.2, 0) is 4.79 Å². The Hall–Kier alpha value is -3.54. The maximum Gasteiger partial charge on any atom is 0.255 e. The third-order valence-electron chi connectivity index (χ3n) is 4.76. The van der Waals surface area contributed by atoms with Gasteiger partial charge in [0.2, 0.25) is 5.91 Å². The van der Waals surface area contributed by atoms with E-state index in [1.165, 1.54) is 6.07 Å². The van der Waals surface area contributed by atoms with Gasteiger partial charge in [0.1, 0.15) is 5.82 Å². The number of pyridine rings is 1. The van der Waals surface area contributed by atoms with E-state index in [0.29, 0.717) is 28.9 Å². The smallest absolute Gasteiger partial charge is 0.255 e. The summed E-state index contributed by atoms with van der Waals surface area (Å²) in [7, 11) is 0. The van der Waals surface area contributed by atoms with Gasteiger partial charge in [-0.25, -0.2) is 4.39 Å². The molecule has 0 aliphatic heterocycles. The summed E-state index contributed by atoms with van der Waals surface area (Å²) in [4.78, 5) is 28.6. The molecule has 0 spiro atoms. The van der Waals surface area contributed by atoms with Crippen molar-refractivity contribution < 1.29 is 14.0 Å². The summed E-state index contributed by atoms with van der Waals surface area (Å²) in [5.41, 5.74) is 2.23. The second-order valence-corrected chi connectivity index (χ2v) is 6.73. The predicted molar refractivity (Wildman–Crippen MR) is 105 cm³/mol. The first kappa shape index (κ1) is 17.9. The summed E-state index contributed by atoms with van der Waals surface area (Å²) >= 11 is 0. The minimum atomic E-state index is -0.274. The van der Waals surface area contributed by atoms with Crippen LogP contribution in [0.5, 0.6) is 0 Å². The summed E-state index contributed by atoms with van der Waals surface area (Å²) in [6, 6.07) is 16.7. The van der Waals surface area contributed by atoms with Gasteiger partial charge in [0, 0.05) is 35.2 Å². The third kappa shape index (κ3) is 3.91. The summed E-state index contributed by atoms with van der Waals surface area (Å²) in [6.07, 6.45) is 3.73. The van der Waals surface area contributed by atoms with E-state index in [-0.39, 0.29) is 29.5 Å². The zero-order valence-corrected chi connectivity index (χ0v) is 14.9. The van der Waals surface area contributed by atoms with Gasteiger partial charge >= 0.3 is 0 Å². The summed E-state index contributed by atoms with van der Waals surface area (Å²) in [6.45, 7) is 0. The van der Waals surface area contributed by atoms with Crippen molar-refractivity contribution in [2.45, 2.75) is 12.3 Å². The molecule has 2 aromatic carbocycles. The highest BCUT2D eigenvalue weighted by Crippen LogP contribution is 2.48. The van der Waals surface area contributed by atoms with E-state index in [4.69, 9.17) is 0 Å². The summed E-state index contributed by atoms with van der Waals surface area (Å²) < 4.78 is 13.9. The largest absolute Gasteiger partial charge is 0.326 e. The van der Waals surface area contributed by atoms with Crippen molar-refractivity contribution in [2.24, 2.45) is 5.92 Å². The molecule has 2 amide bonds. The van der Waals surface area contributed by atoms with Crippen LogP contribution in [-0.4, -0.2) is 16.8 Å². The highest BCUT2D eigenvalue weighted by molar-refractivity contribution is 6.04. The van der Waals surface area contributed by atoms with Crippen LogP contribution < -0.4 is 10.6 Å². The van der Waals surface area contributed by atoms with Crippen LogP contribution in [0.25, 0.3) is 0 Å². The first-order valence-corrected chi connectivity index (χ1v) is 8.98. The monoisotopic (exact) mass is 375 g/mol. The van der Waals surface area contributed by atoms with Crippen molar-refractivity contribution in [3.05, 3.63) is 90.0 Å². The van der Waals surface area contributed by atoms with E-state index in [2.05, 4.69) is 15.6 Å². The molecule has 1 saturated carbocycles. The standard InChI is InChI=1S/C22H18FN3O2/c23-20-7-2-1-6-17(20)18-13-19(18)22(28)26-16-5-3-4-15(12-16)25-21(27)14-8-10-24-11-9-14/h1-12,18-19H,13H2,(H,25,27)(H,26,28). The Kier molecular flexibility index (Phi) is 4.85. The molecular formula is C22H18FN3O2. The minimum absolute atomic E-state index is 0.0872. The van der Waals surface area contributed by atoms with Crippen molar-refractivity contribution in [2.75, 3.05) is 10.6 Å². The first-order chi connectivity index (χ1) is 13.6. The van der Waals surface area contributed by atoms with Crippen LogP contribution in [0.2, 0.25) is 0 Å². The van der Waals surface area contributed by atoms with Gasteiger partial charge in [-0.05, 0) is 54.3 Å². The van der Waals surface area contributed by atoms with Crippen LogP contribution in [0, 0.1) is 11.7 Å². The molecule has 0 bridgehead atoms. The molecule has 140 valence electrons. The van der Waals surface area contributed by atoms with Gasteiger partial charge in [-0.2, -0.15) is 0 Å². The van der Waals surface area contributed by atoms with Crippen molar-refractivity contribution >= 4 is 23.2 Å². The third-order valence-corrected chi connectivity index (χ3v) is 4.76. The first-order valence-electron chi connectivity index (χ1n) is 8.98. The van der Waals surface area contributed by atoms with E-state index >= 15 is 0 Å². The Bertz CT molecular complexity index is 1020. The molecule has 0 radical (unpaired) electrons. The van der Waals surface area contributed by atoms with Gasteiger partial charge in [-0.3, -0.25) is 14.6 Å². The van der Waals surface area contributed by atoms with Crippen molar-refractivity contribution in [3.8, 4) is 0 Å². The van der Waals surface area contributed by atoms with E-state index in [1.54, 1.807) is 67.0 Å². The lowest BCUT2D eigenvalue weighted by Crippen LogP contribution is -2.15. The number of carbonyl (C=O) groups is 2. The van der Waals surface area contributed by atoms with Gasteiger partial charge < -0.3 is 10.6 Å². The van der Waals surface area contributed by atoms with Crippen LogP contribution in [0.3, 0.4) is 0 Å². The van der Waals surface area contributed by atoms with Gasteiger partial charge in [0.25, 0.3) is 5.91 Å². The number of nitrogens with zero attached hydrogens (tertiary/aromatic N) is 1. The normalized spacial score (nSPS) is 17.6. The molecular weight excluding hydrogens is 357 g/mol. The Morgan fingerprint density at radius 1 is 0.929 bits per heavy atom. The number of nitrogens with one attached hydrogen (secondary N) is 2. The van der Waals surface area contributed by atoms with E-state index in [9.17, 15) is 14.0 Å². The number of rotatable bonds is 5. The Morgan fingerprint density at radius 3 is 2.39 bits per heavy atom. The number of aromatic nitrogens is 1. The molecule has 3 aromatic rings. The van der Waals surface area contributed by atoms with Crippen molar-refractivity contribution in [3.63, 3.8) is 0 Å². The molecule has 5 nitrogen and oxygen atoms in total. The quantitative estimate of drug-likeness (QED) is 0.702. The van der Waals surface area contributed by atoms with Gasteiger partial charge in [0.15, 0.2) is 0 Å². The van der Waals surface area contributed by atoms with Crippen LogP contribution in [0.15, 0.2) is 73.1 Å². The molecule has 2 unspecified atom stereocenters. The Labute approximate surface area is 161 Å². The molecule has 1 heterocycles. The van der Waals surface area contributed by atoms with Crippen molar-refractivity contribution in [1.29, 1.82) is 0 Å². The average Bonchev–Trinajstić information content (AvgIpc) is 3.50. The molecule has 1 fully saturated rings. The van der Waals surface area contributed by atoms with Crippen LogP contribution in [0.4, 0.5) is 15.8 Å². The fourth-order valence-electron chi connectivity index (χ4n) is 3.22. The summed E-state index contributed by atoms with van der Waals surface area (Å²) in [5.74, 6) is -1.01. The topological polar surface area (TPSA) is 71.1 Å². The molecule has 6 heteroatoms. The van der Waals surface area contributed by atoms with Gasteiger partial charge in [-0.15, -0.1) is 0 Å². The number of hydrogen-bond donors (Lipinski definition) is 2. The zero-order valence-electron chi connectivity index (χ0n) is 14.9. The molecule has 2 N–H and O–H groups in total. The SMILES string of the molecule is O=C(Nc1cccc(NC(=O)C2CC2c2ccccc2F)c1)c1ccncc1. The highest BCUT2D eigenvalue weighted by Gasteiger charge is 2.45. The van der Waals surface area contributed by atoms with Crippen LogP contribution in [0.1, 0.15) is 28.3 Å². The predicted octanol–water partition coefficient (Wildman–Crippen LogP) is 4.22. The lowest BCUT2D eigenvalue weighted by molar-refractivity contribution is -0.117. The maximum absolute atomic E-state index is 13.9. The van der Waals surface area contributed by atoms with Gasteiger partial charge in [-0.1, -0.05) is 24.3 Å². The fourth-order valence-corrected chi connectivity index (χ4v) is 3.22. The number of benzene rings is 2. The number of halogens is 1. The van der Waals surface area contributed by atoms with E-state index in [0.717, 1.165) is 0 Å².